The number of Topliss-reactive ketones (excluding diaryl/α,β-unsaturated/α-hetero) is 1. The molecular formula is C27H30N2O8. The minimum atomic E-state index is -0.905. The highest BCUT2D eigenvalue weighted by atomic mass is 16.5. The van der Waals surface area contributed by atoms with Crippen LogP contribution < -0.4 is 4.74 Å². The molecule has 0 spiro atoms. The second-order valence-corrected chi connectivity index (χ2v) is 8.80. The largest absolute Gasteiger partial charge is 0.507 e. The highest BCUT2D eigenvalue weighted by Crippen LogP contribution is 2.41. The molecule has 37 heavy (non-hydrogen) atoms. The molecule has 2 aromatic rings. The number of methoxy groups -OCH3 is 2. The number of ether oxygens (including phenoxy) is 3. The molecule has 2 N–H and O–H groups in total. The predicted octanol–water partition coefficient (Wildman–Crippen LogP) is 2.33. The van der Waals surface area contributed by atoms with Crippen molar-refractivity contribution in [3.8, 4) is 11.5 Å². The Morgan fingerprint density at radius 3 is 2.38 bits per heavy atom. The Labute approximate surface area is 214 Å². The molecule has 0 aliphatic carbocycles. The summed E-state index contributed by atoms with van der Waals surface area (Å²) in [5.74, 6) is -2.52. The van der Waals surface area contributed by atoms with Gasteiger partial charge in [0.2, 0.25) is 0 Å². The maximum Gasteiger partial charge on any atom is 0.337 e. The number of aliphatic hydroxyl groups is 1. The normalized spacial score (nSPS) is 19.7. The van der Waals surface area contributed by atoms with E-state index in [1.54, 1.807) is 24.3 Å². The van der Waals surface area contributed by atoms with Gasteiger partial charge in [-0.3, -0.25) is 14.5 Å². The van der Waals surface area contributed by atoms with Crippen LogP contribution in [0.25, 0.3) is 5.76 Å². The molecule has 1 amide bonds. The molecule has 196 valence electrons. The Kier molecular flexibility index (Phi) is 8.10. The first kappa shape index (κ1) is 26.2. The van der Waals surface area contributed by atoms with Crippen LogP contribution in [0, 0.1) is 0 Å². The van der Waals surface area contributed by atoms with Gasteiger partial charge in [-0.2, -0.15) is 0 Å². The molecule has 0 bridgehead atoms. The zero-order valence-electron chi connectivity index (χ0n) is 20.8. The van der Waals surface area contributed by atoms with Gasteiger partial charge in [-0.05, 0) is 36.2 Å². The molecule has 0 unspecified atom stereocenters. The summed E-state index contributed by atoms with van der Waals surface area (Å²) >= 11 is 0. The van der Waals surface area contributed by atoms with E-state index < -0.39 is 29.5 Å². The number of carbonyl (C=O) groups excluding carboxylic acids is 3. The highest BCUT2D eigenvalue weighted by Gasteiger charge is 2.46. The van der Waals surface area contributed by atoms with Gasteiger partial charge in [0.1, 0.15) is 17.3 Å². The van der Waals surface area contributed by atoms with Crippen LogP contribution in [0.15, 0.2) is 48.0 Å². The van der Waals surface area contributed by atoms with Gasteiger partial charge < -0.3 is 29.3 Å². The van der Waals surface area contributed by atoms with E-state index in [4.69, 9.17) is 14.2 Å². The third-order valence-corrected chi connectivity index (χ3v) is 6.62. The lowest BCUT2D eigenvalue weighted by atomic mass is 9.94. The van der Waals surface area contributed by atoms with Gasteiger partial charge in [0.15, 0.2) is 0 Å². The van der Waals surface area contributed by atoms with Crippen LogP contribution in [0.5, 0.6) is 11.5 Å². The molecule has 2 aromatic carbocycles. The number of carbonyl (C=O) groups is 3. The summed E-state index contributed by atoms with van der Waals surface area (Å²) in [5, 5.41) is 21.7. The summed E-state index contributed by atoms with van der Waals surface area (Å²) in [7, 11) is 2.72. The van der Waals surface area contributed by atoms with Crippen molar-refractivity contribution >= 4 is 23.4 Å². The number of ketones is 1. The number of esters is 1. The molecule has 0 aromatic heterocycles. The van der Waals surface area contributed by atoms with Crippen LogP contribution in [0.3, 0.4) is 0 Å². The molecule has 10 heteroatoms. The number of amides is 1. The van der Waals surface area contributed by atoms with E-state index in [1.165, 1.54) is 37.3 Å². The van der Waals surface area contributed by atoms with Gasteiger partial charge in [-0.1, -0.05) is 12.1 Å². The monoisotopic (exact) mass is 510 g/mol. The van der Waals surface area contributed by atoms with E-state index in [-0.39, 0.29) is 23.4 Å². The van der Waals surface area contributed by atoms with E-state index in [0.29, 0.717) is 36.5 Å². The fraction of sp³-hybridized carbons (Fsp3) is 0.370. The molecule has 2 fully saturated rings. The number of nitrogens with zero attached hydrogens (tertiary/aromatic N) is 2. The lowest BCUT2D eigenvalue weighted by Crippen LogP contribution is -2.39. The third-order valence-electron chi connectivity index (χ3n) is 6.62. The van der Waals surface area contributed by atoms with Crippen molar-refractivity contribution in [1.29, 1.82) is 0 Å². The van der Waals surface area contributed by atoms with Crippen LogP contribution in [0.1, 0.15) is 33.9 Å². The molecular weight excluding hydrogens is 480 g/mol. The first-order chi connectivity index (χ1) is 17.8. The molecule has 2 heterocycles. The number of phenolic OH excluding ortho intramolecular Hbond substituents is 1. The summed E-state index contributed by atoms with van der Waals surface area (Å²) in [6, 6.07) is 9.70. The van der Waals surface area contributed by atoms with Crippen molar-refractivity contribution in [3.63, 3.8) is 0 Å². The second kappa shape index (κ2) is 11.4. The first-order valence-electron chi connectivity index (χ1n) is 12.0. The Balaban J connectivity index is 1.71. The molecule has 10 nitrogen and oxygen atoms in total. The topological polar surface area (TPSA) is 126 Å². The van der Waals surface area contributed by atoms with E-state index in [9.17, 15) is 24.6 Å². The van der Waals surface area contributed by atoms with Gasteiger partial charge in [0.25, 0.3) is 11.7 Å². The third kappa shape index (κ3) is 5.45. The molecule has 2 aliphatic heterocycles. The van der Waals surface area contributed by atoms with Crippen LogP contribution in [-0.2, 0) is 19.1 Å². The summed E-state index contributed by atoms with van der Waals surface area (Å²) in [5.41, 5.74) is 0.710. The Morgan fingerprint density at radius 2 is 1.76 bits per heavy atom. The van der Waals surface area contributed by atoms with E-state index in [0.717, 1.165) is 19.6 Å². The van der Waals surface area contributed by atoms with Gasteiger partial charge in [-0.15, -0.1) is 0 Å². The summed E-state index contributed by atoms with van der Waals surface area (Å²) < 4.78 is 15.2. The van der Waals surface area contributed by atoms with Gasteiger partial charge in [0.05, 0.1) is 50.2 Å². The van der Waals surface area contributed by atoms with Crippen molar-refractivity contribution < 1.29 is 38.8 Å². The molecule has 1 atom stereocenters. The zero-order valence-corrected chi connectivity index (χ0v) is 20.8. The Hall–Kier alpha value is -3.89. The Bertz CT molecular complexity index is 1200. The van der Waals surface area contributed by atoms with Crippen molar-refractivity contribution in [2.45, 2.75) is 12.5 Å². The van der Waals surface area contributed by atoms with Gasteiger partial charge in [0, 0.05) is 32.2 Å². The van der Waals surface area contributed by atoms with Crippen molar-refractivity contribution in [2.24, 2.45) is 0 Å². The first-order valence-corrected chi connectivity index (χ1v) is 12.0. The number of hydrogen-bond acceptors (Lipinski definition) is 9. The van der Waals surface area contributed by atoms with Gasteiger partial charge in [-0.25, -0.2) is 4.79 Å². The number of aliphatic hydroxyl groups excluding tert-OH is 1. The quantitative estimate of drug-likeness (QED) is 0.238. The minimum absolute atomic E-state index is 0.00305. The number of aromatic hydroxyl groups is 1. The average molecular weight is 511 g/mol. The molecule has 0 saturated carbocycles. The number of rotatable bonds is 8. The lowest BCUT2D eigenvalue weighted by Gasteiger charge is -2.29. The van der Waals surface area contributed by atoms with E-state index >= 15 is 0 Å². The van der Waals surface area contributed by atoms with Crippen molar-refractivity contribution in [3.05, 3.63) is 64.7 Å². The number of morpholine rings is 1. The zero-order chi connectivity index (χ0) is 26.5. The van der Waals surface area contributed by atoms with Crippen molar-refractivity contribution in [1.82, 2.24) is 9.80 Å². The van der Waals surface area contributed by atoms with Crippen LogP contribution in [0.2, 0.25) is 0 Å². The molecule has 2 saturated heterocycles. The van der Waals surface area contributed by atoms with Gasteiger partial charge >= 0.3 is 5.97 Å². The maximum absolute atomic E-state index is 13.2. The fourth-order valence-corrected chi connectivity index (χ4v) is 4.65. The minimum Gasteiger partial charge on any atom is -0.507 e. The van der Waals surface area contributed by atoms with Crippen molar-refractivity contribution in [2.75, 3.05) is 53.6 Å². The highest BCUT2D eigenvalue weighted by molar-refractivity contribution is 6.46. The second-order valence-electron chi connectivity index (χ2n) is 8.80. The maximum atomic E-state index is 13.2. The molecule has 0 radical (unpaired) electrons. The standard InChI is InChI=1S/C27H30N2O8/c1-35-19-8-9-20(21(30)16-19)24(31)22-23(17-4-6-18(7-5-17)27(34)36-2)29(26(33)25(22)32)11-3-10-28-12-14-37-15-13-28/h4-9,16,23,30-31H,3,10-15H2,1-2H3/t23-/m1/s1. The summed E-state index contributed by atoms with van der Waals surface area (Å²) in [6.07, 6.45) is 0.609. The Morgan fingerprint density at radius 1 is 1.05 bits per heavy atom. The lowest BCUT2D eigenvalue weighted by molar-refractivity contribution is -0.140. The fourth-order valence-electron chi connectivity index (χ4n) is 4.65. The molecule has 2 aliphatic rings. The predicted molar refractivity (Wildman–Crippen MR) is 133 cm³/mol. The number of likely N-dealkylation sites (tertiary alicyclic amines) is 1. The summed E-state index contributed by atoms with van der Waals surface area (Å²) in [4.78, 5) is 42.0. The van der Waals surface area contributed by atoms with Crippen LogP contribution >= 0.6 is 0 Å². The van der Waals surface area contributed by atoms with E-state index in [1.807, 2.05) is 0 Å². The summed E-state index contributed by atoms with van der Waals surface area (Å²) in [6.45, 7) is 3.91. The average Bonchev–Trinajstić information content (AvgIpc) is 3.18. The van der Waals surface area contributed by atoms with E-state index in [2.05, 4.69) is 4.90 Å². The number of benzene rings is 2. The SMILES string of the molecule is COC(=O)c1ccc([C@@H]2C(=C(O)c3ccc(OC)cc3O)C(=O)C(=O)N2CCCN2CCOCC2)cc1. The van der Waals surface area contributed by atoms with Crippen LogP contribution in [0.4, 0.5) is 0 Å². The smallest absolute Gasteiger partial charge is 0.337 e. The molecule has 4 rings (SSSR count). The number of hydrogen-bond donors (Lipinski definition) is 2. The van der Waals surface area contributed by atoms with Crippen LogP contribution in [-0.4, -0.2) is 91.3 Å². The number of phenols is 1.